The zero-order valence-corrected chi connectivity index (χ0v) is 6.89. The Labute approximate surface area is 62.0 Å². The molecule has 0 radical (unpaired) electrons. The Morgan fingerprint density at radius 3 is 1.70 bits per heavy atom. The van der Waals surface area contributed by atoms with Crippen LogP contribution in [0.2, 0.25) is 0 Å². The van der Waals surface area contributed by atoms with Crippen molar-refractivity contribution in [2.45, 2.75) is 26.6 Å². The van der Waals surface area contributed by atoms with Crippen molar-refractivity contribution in [2.24, 2.45) is 0 Å². The highest BCUT2D eigenvalue weighted by Gasteiger charge is 2.23. The van der Waals surface area contributed by atoms with E-state index >= 15 is 0 Å². The molecule has 62 valence electrons. The molecule has 0 unspecified atom stereocenters. The lowest BCUT2D eigenvalue weighted by Crippen LogP contribution is -2.18. The van der Waals surface area contributed by atoms with Crippen molar-refractivity contribution in [3.63, 3.8) is 0 Å². The summed E-state index contributed by atoms with van der Waals surface area (Å²) in [7, 11) is 0. The maximum absolute atomic E-state index is 7.57. The van der Waals surface area contributed by atoms with E-state index in [4.69, 9.17) is 14.6 Å². The molecule has 0 amide bonds. The Morgan fingerprint density at radius 2 is 1.60 bits per heavy atom. The first kappa shape index (κ1) is 9.88. The molecule has 1 heterocycles. The molecule has 1 aliphatic rings. The second kappa shape index (κ2) is 4.66. The highest BCUT2D eigenvalue weighted by Crippen LogP contribution is 2.15. The van der Waals surface area contributed by atoms with E-state index in [1.165, 1.54) is 0 Å². The average molecular weight is 148 g/mol. The molecule has 0 bridgehead atoms. The SMILES string of the molecule is CC1(C)OCCO1.CCO. The van der Waals surface area contributed by atoms with Crippen LogP contribution >= 0.6 is 0 Å². The van der Waals surface area contributed by atoms with Crippen LogP contribution in [0.15, 0.2) is 0 Å². The molecule has 0 spiro atoms. The first-order chi connectivity index (χ1) is 4.62. The third-order valence-corrected chi connectivity index (χ3v) is 0.983. The van der Waals surface area contributed by atoms with E-state index in [1.807, 2.05) is 13.8 Å². The van der Waals surface area contributed by atoms with E-state index in [0.29, 0.717) is 0 Å². The van der Waals surface area contributed by atoms with Gasteiger partial charge in [0.1, 0.15) is 0 Å². The highest BCUT2D eigenvalue weighted by atomic mass is 16.7. The van der Waals surface area contributed by atoms with Crippen LogP contribution < -0.4 is 0 Å². The third kappa shape index (κ3) is 4.73. The van der Waals surface area contributed by atoms with Gasteiger partial charge in [0.2, 0.25) is 0 Å². The summed E-state index contributed by atoms with van der Waals surface area (Å²) in [5.41, 5.74) is 0. The fraction of sp³-hybridized carbons (Fsp3) is 1.00. The van der Waals surface area contributed by atoms with Gasteiger partial charge in [-0.2, -0.15) is 0 Å². The van der Waals surface area contributed by atoms with Crippen molar-refractivity contribution in [3.8, 4) is 0 Å². The number of hydrogen-bond acceptors (Lipinski definition) is 3. The van der Waals surface area contributed by atoms with Gasteiger partial charge in [-0.15, -0.1) is 0 Å². The molecule has 1 fully saturated rings. The van der Waals surface area contributed by atoms with Gasteiger partial charge in [0.05, 0.1) is 13.2 Å². The van der Waals surface area contributed by atoms with Crippen LogP contribution in [0.5, 0.6) is 0 Å². The Balaban J connectivity index is 0.000000236. The van der Waals surface area contributed by atoms with Gasteiger partial charge in [-0.3, -0.25) is 0 Å². The van der Waals surface area contributed by atoms with E-state index < -0.39 is 0 Å². The predicted octanol–water partition coefficient (Wildman–Crippen LogP) is 0.768. The highest BCUT2D eigenvalue weighted by molar-refractivity contribution is 4.58. The van der Waals surface area contributed by atoms with Gasteiger partial charge in [0, 0.05) is 6.61 Å². The van der Waals surface area contributed by atoms with Crippen LogP contribution in [-0.2, 0) is 9.47 Å². The number of rotatable bonds is 0. The first-order valence-electron chi connectivity index (χ1n) is 3.51. The second-order valence-electron chi connectivity index (χ2n) is 2.41. The molecule has 0 aromatic rings. The summed E-state index contributed by atoms with van der Waals surface area (Å²) in [6.45, 7) is 7.25. The lowest BCUT2D eigenvalue weighted by Gasteiger charge is -2.13. The fourth-order valence-corrected chi connectivity index (χ4v) is 0.617. The van der Waals surface area contributed by atoms with Gasteiger partial charge in [-0.25, -0.2) is 0 Å². The summed E-state index contributed by atoms with van der Waals surface area (Å²) >= 11 is 0. The van der Waals surface area contributed by atoms with Gasteiger partial charge in [0.25, 0.3) is 0 Å². The van der Waals surface area contributed by atoms with Crippen molar-refractivity contribution in [1.82, 2.24) is 0 Å². The lowest BCUT2D eigenvalue weighted by molar-refractivity contribution is -0.125. The van der Waals surface area contributed by atoms with Gasteiger partial charge >= 0.3 is 0 Å². The molecule has 1 rings (SSSR count). The van der Waals surface area contributed by atoms with Crippen LogP contribution in [0.1, 0.15) is 20.8 Å². The zero-order chi connectivity index (χ0) is 8.04. The van der Waals surface area contributed by atoms with Crippen LogP contribution in [0.3, 0.4) is 0 Å². The minimum Gasteiger partial charge on any atom is -0.397 e. The first-order valence-corrected chi connectivity index (χ1v) is 3.51. The molecule has 0 aliphatic carbocycles. The summed E-state index contributed by atoms with van der Waals surface area (Å²) in [5, 5.41) is 7.57. The Bertz CT molecular complexity index is 72.9. The van der Waals surface area contributed by atoms with Crippen molar-refractivity contribution in [1.29, 1.82) is 0 Å². The smallest absolute Gasteiger partial charge is 0.162 e. The van der Waals surface area contributed by atoms with Gasteiger partial charge < -0.3 is 14.6 Å². The zero-order valence-electron chi connectivity index (χ0n) is 6.89. The number of aliphatic hydroxyl groups excluding tert-OH is 1. The van der Waals surface area contributed by atoms with Crippen LogP contribution in [0.4, 0.5) is 0 Å². The third-order valence-electron chi connectivity index (χ3n) is 0.983. The topological polar surface area (TPSA) is 38.7 Å². The van der Waals surface area contributed by atoms with Crippen molar-refractivity contribution >= 4 is 0 Å². The number of hydrogen-bond donors (Lipinski definition) is 1. The molecule has 3 heteroatoms. The van der Waals surface area contributed by atoms with Crippen LogP contribution in [-0.4, -0.2) is 30.7 Å². The van der Waals surface area contributed by atoms with E-state index in [0.717, 1.165) is 13.2 Å². The molecule has 1 saturated heterocycles. The largest absolute Gasteiger partial charge is 0.397 e. The maximum Gasteiger partial charge on any atom is 0.162 e. The normalized spacial score (nSPS) is 21.6. The summed E-state index contributed by atoms with van der Waals surface area (Å²) in [6.07, 6.45) is 0. The minimum atomic E-state index is -0.306. The molecule has 0 aromatic carbocycles. The second-order valence-corrected chi connectivity index (χ2v) is 2.41. The predicted molar refractivity (Wildman–Crippen MR) is 38.7 cm³/mol. The van der Waals surface area contributed by atoms with Gasteiger partial charge in [0.15, 0.2) is 5.79 Å². The molecule has 1 aliphatic heterocycles. The Hall–Kier alpha value is -0.120. The molecular formula is C7H16O3. The molecule has 1 N–H and O–H groups in total. The molecular weight excluding hydrogens is 132 g/mol. The van der Waals surface area contributed by atoms with Crippen LogP contribution in [0.25, 0.3) is 0 Å². The van der Waals surface area contributed by atoms with E-state index in [1.54, 1.807) is 6.92 Å². The van der Waals surface area contributed by atoms with Gasteiger partial charge in [-0.1, -0.05) is 0 Å². The number of ether oxygens (including phenoxy) is 2. The summed E-state index contributed by atoms with van der Waals surface area (Å²) < 4.78 is 10.2. The molecule has 0 saturated carbocycles. The van der Waals surface area contributed by atoms with Crippen molar-refractivity contribution in [3.05, 3.63) is 0 Å². The molecule has 0 aromatic heterocycles. The Kier molecular flexibility index (Phi) is 4.60. The standard InChI is InChI=1S/C5H10O2.C2H6O/c1-5(2)6-3-4-7-5;1-2-3/h3-4H2,1-2H3;3H,2H2,1H3. The van der Waals surface area contributed by atoms with E-state index in [9.17, 15) is 0 Å². The molecule has 0 atom stereocenters. The lowest BCUT2D eigenvalue weighted by atomic mass is 10.4. The van der Waals surface area contributed by atoms with Crippen molar-refractivity contribution in [2.75, 3.05) is 19.8 Å². The quantitative estimate of drug-likeness (QED) is 0.551. The van der Waals surface area contributed by atoms with E-state index in [-0.39, 0.29) is 12.4 Å². The molecule has 10 heavy (non-hydrogen) atoms. The Morgan fingerprint density at radius 1 is 1.30 bits per heavy atom. The molecule has 3 nitrogen and oxygen atoms in total. The monoisotopic (exact) mass is 148 g/mol. The summed E-state index contributed by atoms with van der Waals surface area (Å²) in [4.78, 5) is 0. The van der Waals surface area contributed by atoms with Crippen LogP contribution in [0, 0.1) is 0 Å². The number of aliphatic hydroxyl groups is 1. The van der Waals surface area contributed by atoms with Gasteiger partial charge in [-0.05, 0) is 20.8 Å². The van der Waals surface area contributed by atoms with E-state index in [2.05, 4.69) is 0 Å². The fourth-order valence-electron chi connectivity index (χ4n) is 0.617. The summed E-state index contributed by atoms with van der Waals surface area (Å²) in [6, 6.07) is 0. The minimum absolute atomic E-state index is 0.250. The maximum atomic E-state index is 7.57. The summed E-state index contributed by atoms with van der Waals surface area (Å²) in [5.74, 6) is -0.306. The average Bonchev–Trinajstić information content (AvgIpc) is 2.16. The van der Waals surface area contributed by atoms with Crippen molar-refractivity contribution < 1.29 is 14.6 Å².